The van der Waals surface area contributed by atoms with Crippen molar-refractivity contribution in [2.24, 2.45) is 5.10 Å². The number of carbonyl (C=O) groups is 1. The van der Waals surface area contributed by atoms with Crippen LogP contribution in [0, 0.1) is 0 Å². The van der Waals surface area contributed by atoms with E-state index in [2.05, 4.69) is 10.4 Å². The first-order valence-electron chi connectivity index (χ1n) is 6.57. The third-order valence-corrected chi connectivity index (χ3v) is 3.25. The molecule has 2 aromatic carbocycles. The van der Waals surface area contributed by atoms with Crippen molar-refractivity contribution in [3.05, 3.63) is 66.2 Å². The molecule has 1 aliphatic heterocycles. The van der Waals surface area contributed by atoms with Crippen molar-refractivity contribution in [2.45, 2.75) is 12.5 Å². The minimum absolute atomic E-state index is 0.0279. The summed E-state index contributed by atoms with van der Waals surface area (Å²) in [6, 6.07) is 19.1. The highest BCUT2D eigenvalue weighted by molar-refractivity contribution is 5.90. The van der Waals surface area contributed by atoms with Gasteiger partial charge in [-0.25, -0.2) is 9.80 Å². The minimum atomic E-state index is -0.209. The zero-order chi connectivity index (χ0) is 13.8. The van der Waals surface area contributed by atoms with E-state index in [1.807, 2.05) is 60.7 Å². The molecular weight excluding hydrogens is 250 g/mol. The van der Waals surface area contributed by atoms with Gasteiger partial charge in [-0.1, -0.05) is 48.5 Å². The molecule has 0 aliphatic carbocycles. The summed E-state index contributed by atoms with van der Waals surface area (Å²) >= 11 is 0. The zero-order valence-corrected chi connectivity index (χ0v) is 10.9. The Hall–Kier alpha value is -2.62. The summed E-state index contributed by atoms with van der Waals surface area (Å²) < 4.78 is 0. The van der Waals surface area contributed by atoms with Gasteiger partial charge < -0.3 is 5.32 Å². The van der Waals surface area contributed by atoms with Gasteiger partial charge in [-0.3, -0.25) is 0 Å². The highest BCUT2D eigenvalue weighted by Gasteiger charge is 2.27. The van der Waals surface area contributed by atoms with E-state index in [4.69, 9.17) is 0 Å². The lowest BCUT2D eigenvalue weighted by atomic mass is 10.1. The molecule has 0 unspecified atom stereocenters. The molecule has 2 aromatic rings. The summed E-state index contributed by atoms with van der Waals surface area (Å²) in [6.07, 6.45) is 2.52. The van der Waals surface area contributed by atoms with Gasteiger partial charge >= 0.3 is 6.03 Å². The Labute approximate surface area is 117 Å². The van der Waals surface area contributed by atoms with Gasteiger partial charge in [0.25, 0.3) is 0 Å². The van der Waals surface area contributed by atoms with Crippen molar-refractivity contribution < 1.29 is 4.79 Å². The van der Waals surface area contributed by atoms with Crippen molar-refractivity contribution >= 4 is 17.9 Å². The maximum Gasteiger partial charge on any atom is 0.342 e. The van der Waals surface area contributed by atoms with Gasteiger partial charge in [0.05, 0.1) is 6.04 Å². The number of rotatable bonds is 2. The van der Waals surface area contributed by atoms with Crippen LogP contribution in [-0.4, -0.2) is 17.3 Å². The largest absolute Gasteiger partial charge is 0.342 e. The van der Waals surface area contributed by atoms with Crippen LogP contribution >= 0.6 is 0 Å². The highest BCUT2D eigenvalue weighted by Crippen LogP contribution is 2.28. The van der Waals surface area contributed by atoms with Gasteiger partial charge in [-0.15, -0.1) is 0 Å². The Balaban J connectivity index is 1.75. The third-order valence-electron chi connectivity index (χ3n) is 3.25. The molecule has 1 N–H and O–H groups in total. The number of benzene rings is 2. The molecule has 0 spiro atoms. The van der Waals surface area contributed by atoms with E-state index in [0.717, 1.165) is 17.7 Å². The number of hydrogen-bond acceptors (Lipinski definition) is 2. The number of hydrazone groups is 1. The van der Waals surface area contributed by atoms with Gasteiger partial charge in [0.1, 0.15) is 0 Å². The Morgan fingerprint density at radius 3 is 2.40 bits per heavy atom. The molecule has 1 aliphatic rings. The lowest BCUT2D eigenvalue weighted by molar-refractivity contribution is 0.200. The van der Waals surface area contributed by atoms with E-state index >= 15 is 0 Å². The minimum Gasteiger partial charge on any atom is -0.306 e. The number of nitrogens with one attached hydrogen (secondary N) is 1. The lowest BCUT2D eigenvalue weighted by Gasteiger charge is -2.22. The molecule has 4 heteroatoms. The van der Waals surface area contributed by atoms with Crippen molar-refractivity contribution in [1.29, 1.82) is 0 Å². The van der Waals surface area contributed by atoms with Gasteiger partial charge in [0, 0.05) is 18.3 Å². The smallest absolute Gasteiger partial charge is 0.306 e. The van der Waals surface area contributed by atoms with Crippen LogP contribution in [0.4, 0.5) is 10.5 Å². The van der Waals surface area contributed by atoms with Crippen molar-refractivity contribution in [3.63, 3.8) is 0 Å². The Kier molecular flexibility index (Phi) is 3.46. The van der Waals surface area contributed by atoms with Crippen LogP contribution in [0.5, 0.6) is 0 Å². The Bertz CT molecular complexity index is 610. The SMILES string of the molecule is O=C(Nc1ccccc1)N1N=CC[C@H]1c1ccccc1. The second-order valence-corrected chi connectivity index (χ2v) is 4.60. The highest BCUT2D eigenvalue weighted by atomic mass is 16.2. The van der Waals surface area contributed by atoms with E-state index in [1.54, 1.807) is 6.21 Å². The molecular formula is C16H15N3O. The standard InChI is InChI=1S/C16H15N3O/c20-16(18-14-9-5-2-6-10-14)19-15(11-12-17-19)13-7-3-1-4-8-13/h1-10,12,15H,11H2,(H,18,20)/t15-/m0/s1. The predicted octanol–water partition coefficient (Wildman–Crippen LogP) is 3.65. The molecule has 20 heavy (non-hydrogen) atoms. The van der Waals surface area contributed by atoms with Gasteiger partial charge in [-0.05, 0) is 17.7 Å². The number of hydrogen-bond donors (Lipinski definition) is 1. The zero-order valence-electron chi connectivity index (χ0n) is 10.9. The molecule has 0 saturated carbocycles. The van der Waals surface area contributed by atoms with Gasteiger partial charge in [0.2, 0.25) is 0 Å². The summed E-state index contributed by atoms with van der Waals surface area (Å²) in [5, 5.41) is 8.55. The lowest BCUT2D eigenvalue weighted by Crippen LogP contribution is -2.31. The molecule has 0 aromatic heterocycles. The van der Waals surface area contributed by atoms with E-state index in [0.29, 0.717) is 0 Å². The number of urea groups is 1. The fourth-order valence-electron chi connectivity index (χ4n) is 2.26. The summed E-state index contributed by atoms with van der Waals surface area (Å²) in [7, 11) is 0. The normalized spacial score (nSPS) is 17.2. The topological polar surface area (TPSA) is 44.7 Å². The molecule has 0 bridgehead atoms. The monoisotopic (exact) mass is 265 g/mol. The molecule has 0 radical (unpaired) electrons. The van der Waals surface area contributed by atoms with Crippen LogP contribution in [0.2, 0.25) is 0 Å². The van der Waals surface area contributed by atoms with Crippen molar-refractivity contribution in [2.75, 3.05) is 5.32 Å². The van der Waals surface area contributed by atoms with Crippen LogP contribution in [-0.2, 0) is 0 Å². The number of para-hydroxylation sites is 1. The van der Waals surface area contributed by atoms with Crippen LogP contribution in [0.3, 0.4) is 0 Å². The fourth-order valence-corrected chi connectivity index (χ4v) is 2.26. The number of nitrogens with zero attached hydrogens (tertiary/aromatic N) is 2. The van der Waals surface area contributed by atoms with Gasteiger partial charge in [-0.2, -0.15) is 5.10 Å². The summed E-state index contributed by atoms with van der Waals surface area (Å²) in [5.74, 6) is 0. The second-order valence-electron chi connectivity index (χ2n) is 4.60. The first-order valence-corrected chi connectivity index (χ1v) is 6.57. The van der Waals surface area contributed by atoms with Crippen LogP contribution in [0.1, 0.15) is 18.0 Å². The van der Waals surface area contributed by atoms with E-state index in [9.17, 15) is 4.79 Å². The van der Waals surface area contributed by atoms with Gasteiger partial charge in [0.15, 0.2) is 0 Å². The first kappa shape index (κ1) is 12.4. The quantitative estimate of drug-likeness (QED) is 0.885. The van der Waals surface area contributed by atoms with Crippen LogP contribution < -0.4 is 5.32 Å². The molecule has 4 nitrogen and oxygen atoms in total. The molecule has 0 fully saturated rings. The van der Waals surface area contributed by atoms with E-state index < -0.39 is 0 Å². The summed E-state index contributed by atoms with van der Waals surface area (Å²) in [4.78, 5) is 12.3. The number of anilines is 1. The maximum atomic E-state index is 12.3. The van der Waals surface area contributed by atoms with Crippen molar-refractivity contribution in [3.8, 4) is 0 Å². The average molecular weight is 265 g/mol. The fraction of sp³-hybridized carbons (Fsp3) is 0.125. The number of carbonyl (C=O) groups excluding carboxylic acids is 1. The maximum absolute atomic E-state index is 12.3. The molecule has 1 atom stereocenters. The van der Waals surface area contributed by atoms with Crippen LogP contribution in [0.25, 0.3) is 0 Å². The Morgan fingerprint density at radius 1 is 1.05 bits per heavy atom. The molecule has 3 rings (SSSR count). The molecule has 0 saturated heterocycles. The molecule has 1 heterocycles. The van der Waals surface area contributed by atoms with Crippen LogP contribution in [0.15, 0.2) is 65.8 Å². The molecule has 2 amide bonds. The van der Waals surface area contributed by atoms with E-state index in [1.165, 1.54) is 5.01 Å². The predicted molar refractivity (Wildman–Crippen MR) is 79.6 cm³/mol. The summed E-state index contributed by atoms with van der Waals surface area (Å²) in [6.45, 7) is 0. The first-order chi connectivity index (χ1) is 9.84. The van der Waals surface area contributed by atoms with E-state index in [-0.39, 0.29) is 12.1 Å². The van der Waals surface area contributed by atoms with Crippen molar-refractivity contribution in [1.82, 2.24) is 5.01 Å². The molecule has 100 valence electrons. The third kappa shape index (κ3) is 2.54. The summed E-state index contributed by atoms with van der Waals surface area (Å²) in [5.41, 5.74) is 1.86. The number of amides is 2. The average Bonchev–Trinajstić information content (AvgIpc) is 2.99. The second kappa shape index (κ2) is 5.57. The Morgan fingerprint density at radius 2 is 1.70 bits per heavy atom.